The van der Waals surface area contributed by atoms with Crippen molar-refractivity contribution >= 4 is 17.3 Å². The summed E-state index contributed by atoms with van der Waals surface area (Å²) in [6.45, 7) is 7.86. The first-order valence-corrected chi connectivity index (χ1v) is 7.49. The van der Waals surface area contributed by atoms with Gasteiger partial charge in [-0.3, -0.25) is 14.2 Å². The summed E-state index contributed by atoms with van der Waals surface area (Å²) in [7, 11) is 1.67. The zero-order valence-corrected chi connectivity index (χ0v) is 13.4. The minimum atomic E-state index is -0.371. The van der Waals surface area contributed by atoms with E-state index in [1.165, 1.54) is 4.57 Å². The lowest BCUT2D eigenvalue weighted by molar-refractivity contribution is -0.242. The fourth-order valence-electron chi connectivity index (χ4n) is 2.54. The lowest BCUT2D eigenvalue weighted by atomic mass is 9.57. The minimum absolute atomic E-state index is 0.0234. The van der Waals surface area contributed by atoms with Gasteiger partial charge in [0.2, 0.25) is 0 Å². The predicted molar refractivity (Wildman–Crippen MR) is 77.0 cm³/mol. The van der Waals surface area contributed by atoms with Crippen molar-refractivity contribution in [2.75, 3.05) is 7.11 Å². The molecule has 1 fully saturated rings. The second-order valence-corrected chi connectivity index (χ2v) is 6.89. The average Bonchev–Trinajstić information content (AvgIpc) is 2.69. The molecule has 1 heterocycles. The number of aromatic nitrogens is 1. The molecule has 0 amide bonds. The van der Waals surface area contributed by atoms with Crippen molar-refractivity contribution in [1.82, 2.24) is 4.57 Å². The smallest absolute Gasteiger partial charge is 0.326 e. The summed E-state index contributed by atoms with van der Waals surface area (Å²) in [6.07, 6.45) is 0.509. The van der Waals surface area contributed by atoms with Gasteiger partial charge in [-0.15, -0.1) is 0 Å². The van der Waals surface area contributed by atoms with E-state index in [4.69, 9.17) is 9.47 Å². The number of esters is 1. The zero-order chi connectivity index (χ0) is 15.1. The molecule has 1 saturated carbocycles. The molecule has 0 bridgehead atoms. The molecular weight excluding hydrogens is 278 g/mol. The molecule has 0 spiro atoms. The van der Waals surface area contributed by atoms with Crippen LogP contribution >= 0.6 is 11.3 Å². The second kappa shape index (κ2) is 5.00. The van der Waals surface area contributed by atoms with Gasteiger partial charge in [-0.05, 0) is 13.8 Å². The first-order valence-electron chi connectivity index (χ1n) is 6.61. The van der Waals surface area contributed by atoms with E-state index >= 15 is 0 Å². The van der Waals surface area contributed by atoms with Gasteiger partial charge in [0, 0.05) is 30.0 Å². The van der Waals surface area contributed by atoms with Crippen LogP contribution in [0.2, 0.25) is 0 Å². The number of carbonyl (C=O) groups excluding carboxylic acids is 1. The van der Waals surface area contributed by atoms with Crippen LogP contribution < -0.4 is 4.87 Å². The molecule has 0 radical (unpaired) electrons. The first kappa shape index (κ1) is 15.3. The molecule has 20 heavy (non-hydrogen) atoms. The van der Waals surface area contributed by atoms with Crippen molar-refractivity contribution in [2.24, 2.45) is 5.41 Å². The molecule has 112 valence electrons. The van der Waals surface area contributed by atoms with Crippen LogP contribution in [0.4, 0.5) is 0 Å². The SMILES string of the molecule is CO[C@]1(C)C[C@@H](OC(=O)Cn2c(C)csc2=O)C1(C)C. The number of carbonyl (C=O) groups is 1. The number of rotatable bonds is 4. The summed E-state index contributed by atoms with van der Waals surface area (Å²) in [5, 5.41) is 1.74. The Bertz CT molecular complexity index is 574. The Hall–Kier alpha value is -1.14. The van der Waals surface area contributed by atoms with Gasteiger partial charge in [0.1, 0.15) is 12.6 Å². The number of hydrogen-bond acceptors (Lipinski definition) is 5. The number of aryl methyl sites for hydroxylation is 1. The third kappa shape index (κ3) is 2.31. The van der Waals surface area contributed by atoms with Crippen molar-refractivity contribution < 1.29 is 14.3 Å². The molecule has 0 saturated heterocycles. The molecule has 1 aromatic rings. The molecule has 6 heteroatoms. The van der Waals surface area contributed by atoms with Crippen molar-refractivity contribution in [3.8, 4) is 0 Å². The molecule has 1 aromatic heterocycles. The van der Waals surface area contributed by atoms with Crippen LogP contribution in [-0.4, -0.2) is 29.4 Å². The van der Waals surface area contributed by atoms with Crippen LogP contribution in [0.5, 0.6) is 0 Å². The van der Waals surface area contributed by atoms with Crippen LogP contribution in [-0.2, 0) is 20.8 Å². The minimum Gasteiger partial charge on any atom is -0.460 e. The molecule has 1 aliphatic carbocycles. The maximum Gasteiger partial charge on any atom is 0.326 e. The van der Waals surface area contributed by atoms with Gasteiger partial charge in [-0.1, -0.05) is 25.2 Å². The summed E-state index contributed by atoms with van der Waals surface area (Å²) in [5.74, 6) is -0.371. The van der Waals surface area contributed by atoms with Gasteiger partial charge in [0.15, 0.2) is 0 Å². The van der Waals surface area contributed by atoms with E-state index in [1.807, 2.05) is 20.8 Å². The summed E-state index contributed by atoms with van der Waals surface area (Å²) in [4.78, 5) is 23.4. The van der Waals surface area contributed by atoms with E-state index in [0.29, 0.717) is 6.42 Å². The van der Waals surface area contributed by atoms with Gasteiger partial charge in [0.05, 0.1) is 5.60 Å². The highest BCUT2D eigenvalue weighted by atomic mass is 32.1. The summed E-state index contributed by atoms with van der Waals surface area (Å²) < 4.78 is 12.4. The van der Waals surface area contributed by atoms with E-state index in [9.17, 15) is 9.59 Å². The molecular formula is C14H21NO4S. The van der Waals surface area contributed by atoms with E-state index in [1.54, 1.807) is 19.4 Å². The van der Waals surface area contributed by atoms with Crippen molar-refractivity contribution in [3.05, 3.63) is 20.7 Å². The molecule has 0 unspecified atom stereocenters. The Labute approximate surface area is 122 Å². The number of methoxy groups -OCH3 is 1. The number of hydrogen-bond donors (Lipinski definition) is 0. The van der Waals surface area contributed by atoms with Crippen molar-refractivity contribution in [2.45, 2.75) is 52.4 Å². The highest BCUT2D eigenvalue weighted by Gasteiger charge is 2.59. The molecule has 0 aliphatic heterocycles. The van der Waals surface area contributed by atoms with E-state index in [2.05, 4.69) is 0 Å². The van der Waals surface area contributed by atoms with Crippen LogP contribution in [0, 0.1) is 12.3 Å². The fraction of sp³-hybridized carbons (Fsp3) is 0.714. The summed E-state index contributed by atoms with van der Waals surface area (Å²) in [5.41, 5.74) is 0.283. The standard InChI is InChI=1S/C14H21NO4S/c1-9-8-20-12(17)15(9)7-11(16)19-10-6-14(4,18-5)13(10,2)3/h8,10H,6-7H2,1-5H3/t10-,14-/m1/s1. The van der Waals surface area contributed by atoms with Gasteiger partial charge in [0.25, 0.3) is 0 Å². The van der Waals surface area contributed by atoms with Crippen molar-refractivity contribution in [3.63, 3.8) is 0 Å². The second-order valence-electron chi connectivity index (χ2n) is 6.07. The largest absolute Gasteiger partial charge is 0.460 e. The normalized spacial score (nSPS) is 27.9. The quantitative estimate of drug-likeness (QED) is 0.798. The average molecular weight is 299 g/mol. The highest BCUT2D eigenvalue weighted by molar-refractivity contribution is 7.07. The zero-order valence-electron chi connectivity index (χ0n) is 12.6. The van der Waals surface area contributed by atoms with Crippen LogP contribution in [0.15, 0.2) is 10.2 Å². The molecule has 1 aliphatic rings. The van der Waals surface area contributed by atoms with Crippen LogP contribution in [0.1, 0.15) is 32.9 Å². The fourth-order valence-corrected chi connectivity index (χ4v) is 3.27. The topological polar surface area (TPSA) is 57.5 Å². The Balaban J connectivity index is 1.99. The summed E-state index contributed by atoms with van der Waals surface area (Å²) >= 11 is 1.09. The monoisotopic (exact) mass is 299 g/mol. The molecule has 0 aromatic carbocycles. The highest BCUT2D eigenvalue weighted by Crippen LogP contribution is 2.53. The maximum absolute atomic E-state index is 12.0. The van der Waals surface area contributed by atoms with Gasteiger partial charge in [-0.25, -0.2) is 0 Å². The van der Waals surface area contributed by atoms with Gasteiger partial charge >= 0.3 is 10.8 Å². The summed E-state index contributed by atoms with van der Waals surface area (Å²) in [6, 6.07) is 0. The predicted octanol–water partition coefficient (Wildman–Crippen LogP) is 1.97. The first-order chi connectivity index (χ1) is 9.21. The Kier molecular flexibility index (Phi) is 3.81. The molecule has 0 N–H and O–H groups in total. The van der Waals surface area contributed by atoms with Crippen LogP contribution in [0.3, 0.4) is 0 Å². The van der Waals surface area contributed by atoms with E-state index in [-0.39, 0.29) is 34.5 Å². The molecule has 2 atom stereocenters. The Morgan fingerprint density at radius 3 is 2.60 bits per heavy atom. The Morgan fingerprint density at radius 1 is 1.50 bits per heavy atom. The molecule has 5 nitrogen and oxygen atoms in total. The third-order valence-corrected chi connectivity index (χ3v) is 5.61. The van der Waals surface area contributed by atoms with E-state index < -0.39 is 0 Å². The number of ether oxygens (including phenoxy) is 2. The van der Waals surface area contributed by atoms with Gasteiger partial charge in [-0.2, -0.15) is 0 Å². The lowest BCUT2D eigenvalue weighted by Crippen LogP contribution is -2.64. The Morgan fingerprint density at radius 2 is 2.15 bits per heavy atom. The van der Waals surface area contributed by atoms with Crippen molar-refractivity contribution in [1.29, 1.82) is 0 Å². The van der Waals surface area contributed by atoms with E-state index in [0.717, 1.165) is 17.0 Å². The number of thiazole rings is 1. The van der Waals surface area contributed by atoms with Gasteiger partial charge < -0.3 is 9.47 Å². The molecule has 2 rings (SSSR count). The maximum atomic E-state index is 12.0. The number of nitrogens with zero attached hydrogens (tertiary/aromatic N) is 1. The third-order valence-electron chi connectivity index (χ3n) is 4.73. The van der Waals surface area contributed by atoms with Crippen LogP contribution in [0.25, 0.3) is 0 Å². The lowest BCUT2D eigenvalue weighted by Gasteiger charge is -2.57.